The number of amides is 1. The van der Waals surface area contributed by atoms with Crippen LogP contribution in [0.1, 0.15) is 43.4 Å². The lowest BCUT2D eigenvalue weighted by Gasteiger charge is -2.20. The summed E-state index contributed by atoms with van der Waals surface area (Å²) in [5.41, 5.74) is 4.48. The number of fused-ring (bicyclic) bond motifs is 1. The maximum Gasteiger partial charge on any atom is 0.236 e. The molecule has 1 atom stereocenters. The number of hydrogen-bond acceptors (Lipinski definition) is 1. The van der Waals surface area contributed by atoms with Gasteiger partial charge in [0.25, 0.3) is 0 Å². The summed E-state index contributed by atoms with van der Waals surface area (Å²) >= 11 is 0. The Bertz CT molecular complexity index is 650. The highest BCUT2D eigenvalue weighted by Gasteiger charge is 2.31. The molecule has 0 bridgehead atoms. The molecule has 1 N–H and O–H groups in total. The van der Waals surface area contributed by atoms with E-state index in [1.807, 2.05) is 24.3 Å². The van der Waals surface area contributed by atoms with Crippen LogP contribution in [0.5, 0.6) is 0 Å². The molecule has 0 aromatic heterocycles. The number of para-hydroxylation sites is 1. The molecule has 1 heterocycles. The fourth-order valence-corrected chi connectivity index (χ4v) is 2.72. The summed E-state index contributed by atoms with van der Waals surface area (Å²) in [5.74, 6) is -0.116. The first-order chi connectivity index (χ1) is 9.47. The topological polar surface area (TPSA) is 29.1 Å². The van der Waals surface area contributed by atoms with Crippen molar-refractivity contribution in [3.8, 4) is 0 Å². The van der Waals surface area contributed by atoms with Crippen LogP contribution in [-0.4, -0.2) is 5.91 Å². The lowest BCUT2D eigenvalue weighted by atomic mass is 9.84. The largest absolute Gasteiger partial charge is 0.325 e. The van der Waals surface area contributed by atoms with Crippen LogP contribution in [0.3, 0.4) is 0 Å². The van der Waals surface area contributed by atoms with Gasteiger partial charge >= 0.3 is 0 Å². The molecule has 1 aliphatic rings. The van der Waals surface area contributed by atoms with Crippen LogP contribution in [0, 0.1) is 0 Å². The number of benzene rings is 2. The van der Waals surface area contributed by atoms with Gasteiger partial charge in [0.15, 0.2) is 0 Å². The number of carbonyl (C=O) groups excluding carboxylic acids is 1. The van der Waals surface area contributed by atoms with E-state index in [-0.39, 0.29) is 17.2 Å². The smallest absolute Gasteiger partial charge is 0.236 e. The number of nitrogens with one attached hydrogen (secondary N) is 1. The van der Waals surface area contributed by atoms with E-state index in [1.165, 1.54) is 5.56 Å². The summed E-state index contributed by atoms with van der Waals surface area (Å²) in [5, 5.41) is 2.95. The van der Waals surface area contributed by atoms with E-state index in [2.05, 4.69) is 50.4 Å². The molecule has 0 saturated carbocycles. The highest BCUT2D eigenvalue weighted by atomic mass is 16.2. The molecular weight excluding hydrogens is 246 g/mol. The standard InChI is InChI=1S/C18H19NO/c1-18(2,3)13-10-8-12(9-11-13)16-14-6-4-5-7-15(14)19-17(16)20/h4-11,16H,1-3H3,(H,19,20). The molecule has 1 amide bonds. The third-order valence-electron chi connectivity index (χ3n) is 3.90. The highest BCUT2D eigenvalue weighted by molar-refractivity contribution is 6.05. The number of anilines is 1. The van der Waals surface area contributed by atoms with Crippen LogP contribution in [0.25, 0.3) is 0 Å². The zero-order valence-corrected chi connectivity index (χ0v) is 12.1. The zero-order valence-electron chi connectivity index (χ0n) is 12.1. The SMILES string of the molecule is CC(C)(C)c1ccc(C2C(=O)Nc3ccccc32)cc1. The second-order valence-corrected chi connectivity index (χ2v) is 6.38. The Morgan fingerprint density at radius 3 is 2.25 bits per heavy atom. The van der Waals surface area contributed by atoms with E-state index in [4.69, 9.17) is 0 Å². The molecule has 102 valence electrons. The Hall–Kier alpha value is -2.09. The van der Waals surface area contributed by atoms with Crippen molar-refractivity contribution >= 4 is 11.6 Å². The van der Waals surface area contributed by atoms with Crippen molar-refractivity contribution < 1.29 is 4.79 Å². The first-order valence-electron chi connectivity index (χ1n) is 6.97. The second kappa shape index (κ2) is 4.48. The van der Waals surface area contributed by atoms with Gasteiger partial charge in [0.1, 0.15) is 0 Å². The molecule has 2 aromatic rings. The Labute approximate surface area is 119 Å². The molecule has 0 aliphatic carbocycles. The van der Waals surface area contributed by atoms with Crippen molar-refractivity contribution in [1.29, 1.82) is 0 Å². The molecular formula is C18H19NO. The summed E-state index contributed by atoms with van der Waals surface area (Å²) in [4.78, 5) is 12.2. The lowest BCUT2D eigenvalue weighted by molar-refractivity contribution is -0.116. The lowest BCUT2D eigenvalue weighted by Crippen LogP contribution is -2.14. The van der Waals surface area contributed by atoms with Crippen LogP contribution in [0.4, 0.5) is 5.69 Å². The van der Waals surface area contributed by atoms with E-state index in [0.717, 1.165) is 16.8 Å². The maximum atomic E-state index is 12.2. The highest BCUT2D eigenvalue weighted by Crippen LogP contribution is 2.37. The molecule has 1 unspecified atom stereocenters. The molecule has 3 rings (SSSR count). The first-order valence-corrected chi connectivity index (χ1v) is 6.97. The Kier molecular flexibility index (Phi) is 2.89. The molecule has 0 saturated heterocycles. The normalized spacial score (nSPS) is 17.8. The van der Waals surface area contributed by atoms with Crippen LogP contribution < -0.4 is 5.32 Å². The zero-order chi connectivity index (χ0) is 14.3. The first kappa shape index (κ1) is 12.9. The van der Waals surface area contributed by atoms with E-state index < -0.39 is 0 Å². The van der Waals surface area contributed by atoms with Gasteiger partial charge < -0.3 is 5.32 Å². The van der Waals surface area contributed by atoms with Gasteiger partial charge in [0.05, 0.1) is 5.92 Å². The van der Waals surface area contributed by atoms with Crippen LogP contribution in [-0.2, 0) is 10.2 Å². The van der Waals surface area contributed by atoms with Gasteiger partial charge in [0, 0.05) is 5.69 Å². The Morgan fingerprint density at radius 2 is 1.60 bits per heavy atom. The molecule has 0 spiro atoms. The molecule has 20 heavy (non-hydrogen) atoms. The van der Waals surface area contributed by atoms with E-state index in [1.54, 1.807) is 0 Å². The number of rotatable bonds is 1. The van der Waals surface area contributed by atoms with Crippen molar-refractivity contribution in [3.63, 3.8) is 0 Å². The van der Waals surface area contributed by atoms with Crippen molar-refractivity contribution in [1.82, 2.24) is 0 Å². The molecule has 2 heteroatoms. The van der Waals surface area contributed by atoms with Crippen molar-refractivity contribution in [3.05, 3.63) is 65.2 Å². The summed E-state index contributed by atoms with van der Waals surface area (Å²) in [6.07, 6.45) is 0. The third-order valence-corrected chi connectivity index (χ3v) is 3.90. The summed E-state index contributed by atoms with van der Waals surface area (Å²) in [6.45, 7) is 6.58. The van der Waals surface area contributed by atoms with Crippen LogP contribution in [0.2, 0.25) is 0 Å². The number of carbonyl (C=O) groups is 1. The van der Waals surface area contributed by atoms with Gasteiger partial charge in [-0.05, 0) is 28.2 Å². The fourth-order valence-electron chi connectivity index (χ4n) is 2.72. The Morgan fingerprint density at radius 1 is 0.950 bits per heavy atom. The predicted molar refractivity (Wildman–Crippen MR) is 82.1 cm³/mol. The van der Waals surface area contributed by atoms with Gasteiger partial charge in [0.2, 0.25) is 5.91 Å². The van der Waals surface area contributed by atoms with E-state index >= 15 is 0 Å². The van der Waals surface area contributed by atoms with Crippen LogP contribution >= 0.6 is 0 Å². The van der Waals surface area contributed by atoms with E-state index in [9.17, 15) is 4.79 Å². The average molecular weight is 265 g/mol. The van der Waals surface area contributed by atoms with Gasteiger partial charge in [-0.3, -0.25) is 4.79 Å². The van der Waals surface area contributed by atoms with Crippen molar-refractivity contribution in [2.45, 2.75) is 32.1 Å². The average Bonchev–Trinajstić information content (AvgIpc) is 2.73. The van der Waals surface area contributed by atoms with Gasteiger partial charge in [-0.15, -0.1) is 0 Å². The van der Waals surface area contributed by atoms with Gasteiger partial charge in [-0.1, -0.05) is 63.2 Å². The maximum absolute atomic E-state index is 12.2. The summed E-state index contributed by atoms with van der Waals surface area (Å²) in [6, 6.07) is 16.3. The molecule has 0 radical (unpaired) electrons. The minimum Gasteiger partial charge on any atom is -0.325 e. The number of hydrogen-bond donors (Lipinski definition) is 1. The van der Waals surface area contributed by atoms with Crippen LogP contribution in [0.15, 0.2) is 48.5 Å². The summed E-state index contributed by atoms with van der Waals surface area (Å²) in [7, 11) is 0. The minimum atomic E-state index is -0.180. The second-order valence-electron chi connectivity index (χ2n) is 6.38. The third kappa shape index (κ3) is 2.11. The summed E-state index contributed by atoms with van der Waals surface area (Å²) < 4.78 is 0. The van der Waals surface area contributed by atoms with Gasteiger partial charge in [-0.25, -0.2) is 0 Å². The monoisotopic (exact) mass is 265 g/mol. The van der Waals surface area contributed by atoms with Crippen molar-refractivity contribution in [2.24, 2.45) is 0 Å². The minimum absolute atomic E-state index is 0.0645. The molecule has 2 aromatic carbocycles. The molecule has 1 aliphatic heterocycles. The molecule has 0 fully saturated rings. The van der Waals surface area contributed by atoms with Gasteiger partial charge in [-0.2, -0.15) is 0 Å². The molecule has 2 nitrogen and oxygen atoms in total. The Balaban J connectivity index is 2.00. The van der Waals surface area contributed by atoms with E-state index in [0.29, 0.717) is 0 Å². The van der Waals surface area contributed by atoms with Crippen molar-refractivity contribution in [2.75, 3.05) is 5.32 Å². The quantitative estimate of drug-likeness (QED) is 0.827. The fraction of sp³-hybridized carbons (Fsp3) is 0.278. The predicted octanol–water partition coefficient (Wildman–Crippen LogP) is 4.07.